The summed E-state index contributed by atoms with van der Waals surface area (Å²) in [6.45, 7) is -1.39. The monoisotopic (exact) mass is 259 g/mol. The van der Waals surface area contributed by atoms with Crippen LogP contribution in [0.4, 0.5) is 32.0 Å². The first-order valence-electron chi connectivity index (χ1n) is 4.25. The Labute approximate surface area is 91.7 Å². The highest BCUT2D eigenvalue weighted by molar-refractivity contribution is 5.56. The fourth-order valence-corrected chi connectivity index (χ4v) is 1.43. The number of benzene rings is 1. The third-order valence-electron chi connectivity index (χ3n) is 2.09. The Bertz CT molecular complexity index is 423. The van der Waals surface area contributed by atoms with E-state index in [2.05, 4.69) is 0 Å². The van der Waals surface area contributed by atoms with E-state index in [0.29, 0.717) is 12.1 Å². The van der Waals surface area contributed by atoms with Gasteiger partial charge in [0.05, 0.1) is 17.7 Å². The summed E-state index contributed by atoms with van der Waals surface area (Å²) in [6.07, 6.45) is -10.0. The zero-order chi connectivity index (χ0) is 13.4. The highest BCUT2D eigenvalue weighted by Crippen LogP contribution is 2.42. The van der Waals surface area contributed by atoms with Crippen molar-refractivity contribution in [3.63, 3.8) is 0 Å². The van der Waals surface area contributed by atoms with E-state index < -0.39 is 41.3 Å². The van der Waals surface area contributed by atoms with Crippen LogP contribution in [0.3, 0.4) is 0 Å². The topological polar surface area (TPSA) is 46.2 Å². The van der Waals surface area contributed by atoms with Crippen molar-refractivity contribution in [2.75, 3.05) is 5.73 Å². The molecule has 0 aliphatic heterocycles. The molecule has 0 bridgehead atoms. The second-order valence-electron chi connectivity index (χ2n) is 3.21. The number of anilines is 1. The number of halogens is 6. The molecule has 0 fully saturated rings. The molecule has 0 unspecified atom stereocenters. The zero-order valence-electron chi connectivity index (χ0n) is 8.15. The normalized spacial score (nSPS) is 12.9. The van der Waals surface area contributed by atoms with Gasteiger partial charge in [-0.05, 0) is 12.1 Å². The number of aliphatic hydroxyl groups excluding tert-OH is 1. The lowest BCUT2D eigenvalue weighted by Crippen LogP contribution is -2.18. The minimum Gasteiger partial charge on any atom is -0.398 e. The van der Waals surface area contributed by atoms with Crippen molar-refractivity contribution in [2.24, 2.45) is 0 Å². The third-order valence-corrected chi connectivity index (χ3v) is 2.09. The Balaban J connectivity index is 3.60. The Morgan fingerprint density at radius 3 is 1.88 bits per heavy atom. The molecule has 0 saturated heterocycles. The molecule has 0 heterocycles. The van der Waals surface area contributed by atoms with Gasteiger partial charge in [0.15, 0.2) is 0 Å². The Morgan fingerprint density at radius 2 is 1.53 bits per heavy atom. The largest absolute Gasteiger partial charge is 0.418 e. The number of alkyl halides is 6. The van der Waals surface area contributed by atoms with Crippen LogP contribution in [0.1, 0.15) is 16.7 Å². The molecule has 1 aromatic carbocycles. The summed E-state index contributed by atoms with van der Waals surface area (Å²) in [7, 11) is 0. The molecular weight excluding hydrogens is 252 g/mol. The quantitative estimate of drug-likeness (QED) is 0.601. The lowest BCUT2D eigenvalue weighted by molar-refractivity contribution is -0.144. The van der Waals surface area contributed by atoms with Crippen LogP contribution >= 0.6 is 0 Å². The summed E-state index contributed by atoms with van der Waals surface area (Å²) in [4.78, 5) is 0. The third kappa shape index (κ3) is 2.63. The highest BCUT2D eigenvalue weighted by Gasteiger charge is 2.41. The van der Waals surface area contributed by atoms with Crippen molar-refractivity contribution >= 4 is 5.69 Å². The molecule has 0 saturated carbocycles. The van der Waals surface area contributed by atoms with Gasteiger partial charge in [0.1, 0.15) is 0 Å². The first-order chi connectivity index (χ1) is 7.59. The Morgan fingerprint density at radius 1 is 1.00 bits per heavy atom. The molecular formula is C9H7F6NO. The first kappa shape index (κ1) is 13.6. The predicted octanol–water partition coefficient (Wildman–Crippen LogP) is 2.80. The molecule has 0 spiro atoms. The second-order valence-corrected chi connectivity index (χ2v) is 3.21. The van der Waals surface area contributed by atoms with E-state index >= 15 is 0 Å². The van der Waals surface area contributed by atoms with Crippen LogP contribution in [0.25, 0.3) is 0 Å². The highest BCUT2D eigenvalue weighted by atomic mass is 19.4. The van der Waals surface area contributed by atoms with Gasteiger partial charge in [-0.15, -0.1) is 0 Å². The van der Waals surface area contributed by atoms with Crippen molar-refractivity contribution in [2.45, 2.75) is 19.0 Å². The molecule has 0 radical (unpaired) electrons. The number of nitrogen functional groups attached to an aromatic ring is 1. The van der Waals surface area contributed by atoms with Crippen LogP contribution in [0.5, 0.6) is 0 Å². The van der Waals surface area contributed by atoms with Crippen LogP contribution < -0.4 is 5.73 Å². The standard InChI is InChI=1S/C9H7F6NO/c10-8(11,12)5-1-2-6(16)7(4(5)3-17)9(13,14)15/h1-2,17H,3,16H2. The van der Waals surface area contributed by atoms with E-state index in [1.165, 1.54) is 0 Å². The average Bonchev–Trinajstić information content (AvgIpc) is 2.12. The molecule has 0 aliphatic rings. The van der Waals surface area contributed by atoms with Gasteiger partial charge >= 0.3 is 12.4 Å². The van der Waals surface area contributed by atoms with Crippen LogP contribution in [-0.4, -0.2) is 5.11 Å². The van der Waals surface area contributed by atoms with Gasteiger partial charge in [0, 0.05) is 11.3 Å². The molecule has 96 valence electrons. The molecule has 0 aliphatic carbocycles. The molecule has 1 rings (SSSR count). The van der Waals surface area contributed by atoms with Crippen molar-refractivity contribution in [3.05, 3.63) is 28.8 Å². The van der Waals surface area contributed by atoms with Crippen molar-refractivity contribution in [1.82, 2.24) is 0 Å². The van der Waals surface area contributed by atoms with Gasteiger partial charge < -0.3 is 10.8 Å². The average molecular weight is 259 g/mol. The molecule has 0 amide bonds. The zero-order valence-corrected chi connectivity index (χ0v) is 8.15. The maximum atomic E-state index is 12.5. The minimum absolute atomic E-state index is 0.413. The van der Waals surface area contributed by atoms with E-state index in [0.717, 1.165) is 0 Å². The maximum Gasteiger partial charge on any atom is 0.418 e. The number of nitrogens with two attached hydrogens (primary N) is 1. The molecule has 17 heavy (non-hydrogen) atoms. The molecule has 3 N–H and O–H groups in total. The Kier molecular flexibility index (Phi) is 3.28. The van der Waals surface area contributed by atoms with Gasteiger partial charge in [0.25, 0.3) is 0 Å². The molecule has 0 aromatic heterocycles. The van der Waals surface area contributed by atoms with E-state index in [4.69, 9.17) is 10.8 Å². The van der Waals surface area contributed by atoms with Gasteiger partial charge in [-0.1, -0.05) is 0 Å². The van der Waals surface area contributed by atoms with E-state index in [1.807, 2.05) is 0 Å². The van der Waals surface area contributed by atoms with Crippen LogP contribution in [0.2, 0.25) is 0 Å². The predicted molar refractivity (Wildman–Crippen MR) is 46.8 cm³/mol. The summed E-state index contributed by atoms with van der Waals surface area (Å²) in [6, 6.07) is 0.931. The molecule has 8 heteroatoms. The van der Waals surface area contributed by atoms with Crippen LogP contribution in [-0.2, 0) is 19.0 Å². The SMILES string of the molecule is Nc1ccc(C(F)(F)F)c(CO)c1C(F)(F)F. The summed E-state index contributed by atoms with van der Waals surface area (Å²) >= 11 is 0. The fraction of sp³-hybridized carbons (Fsp3) is 0.333. The maximum absolute atomic E-state index is 12.5. The molecule has 1 aromatic rings. The molecule has 2 nitrogen and oxygen atoms in total. The lowest BCUT2D eigenvalue weighted by atomic mass is 9.99. The van der Waals surface area contributed by atoms with E-state index in [1.54, 1.807) is 0 Å². The van der Waals surface area contributed by atoms with Crippen LogP contribution in [0.15, 0.2) is 12.1 Å². The van der Waals surface area contributed by atoms with E-state index in [9.17, 15) is 26.3 Å². The van der Waals surface area contributed by atoms with Gasteiger partial charge in [-0.3, -0.25) is 0 Å². The number of hydrogen-bond acceptors (Lipinski definition) is 2. The lowest BCUT2D eigenvalue weighted by Gasteiger charge is -2.18. The minimum atomic E-state index is -5.05. The Hall–Kier alpha value is -1.44. The second kappa shape index (κ2) is 4.10. The summed E-state index contributed by atoms with van der Waals surface area (Å²) in [5, 5.41) is 8.69. The fourth-order valence-electron chi connectivity index (χ4n) is 1.43. The van der Waals surface area contributed by atoms with E-state index in [-0.39, 0.29) is 0 Å². The smallest absolute Gasteiger partial charge is 0.398 e. The van der Waals surface area contributed by atoms with Crippen molar-refractivity contribution < 1.29 is 31.4 Å². The number of aliphatic hydroxyl groups is 1. The summed E-state index contributed by atoms with van der Waals surface area (Å²) in [5.74, 6) is 0. The van der Waals surface area contributed by atoms with Crippen molar-refractivity contribution in [3.8, 4) is 0 Å². The van der Waals surface area contributed by atoms with Gasteiger partial charge in [0.2, 0.25) is 0 Å². The number of hydrogen-bond donors (Lipinski definition) is 2. The first-order valence-corrected chi connectivity index (χ1v) is 4.25. The number of rotatable bonds is 1. The molecule has 0 atom stereocenters. The summed E-state index contributed by atoms with van der Waals surface area (Å²) in [5.41, 5.74) is -0.299. The van der Waals surface area contributed by atoms with Crippen LogP contribution in [0, 0.1) is 0 Å². The van der Waals surface area contributed by atoms with Crippen molar-refractivity contribution in [1.29, 1.82) is 0 Å². The van der Waals surface area contributed by atoms with Gasteiger partial charge in [-0.2, -0.15) is 26.3 Å². The summed E-state index contributed by atoms with van der Waals surface area (Å²) < 4.78 is 74.8. The van der Waals surface area contributed by atoms with Gasteiger partial charge in [-0.25, -0.2) is 0 Å².